The van der Waals surface area contributed by atoms with Gasteiger partial charge in [-0.2, -0.15) is 0 Å². The summed E-state index contributed by atoms with van der Waals surface area (Å²) in [7, 11) is 0. The number of hydrogen-bond acceptors (Lipinski definition) is 3. The van der Waals surface area contributed by atoms with Gasteiger partial charge in [-0.1, -0.05) is 13.0 Å². The van der Waals surface area contributed by atoms with Gasteiger partial charge in [0.1, 0.15) is 0 Å². The molecule has 1 heterocycles. The van der Waals surface area contributed by atoms with Crippen molar-refractivity contribution in [3.8, 4) is 0 Å². The molecule has 1 fully saturated rings. The fourth-order valence-electron chi connectivity index (χ4n) is 0.475. The Balaban J connectivity index is 0. The van der Waals surface area contributed by atoms with Gasteiger partial charge in [0.25, 0.3) is 0 Å². The standard InChI is InChI=1S/C4H6O2.C4H8.CH2O3/c5-4-2-1-3-6-4;1-3-4-2;2-1(3)4/h1-3H2;3H,1,4H2,2H3;(H2,2,3,4). The number of esters is 1. The second-order valence-electron chi connectivity index (χ2n) is 2.30. The smallest absolute Gasteiger partial charge is 0.466 e. The first kappa shape index (κ1) is 15.0. The molecule has 0 saturated carbocycles. The topological polar surface area (TPSA) is 83.8 Å². The molecule has 0 spiro atoms. The Kier molecular flexibility index (Phi) is 12.3. The molecule has 82 valence electrons. The summed E-state index contributed by atoms with van der Waals surface area (Å²) in [4.78, 5) is 18.6. The number of rotatable bonds is 1. The molecule has 0 bridgehead atoms. The van der Waals surface area contributed by atoms with E-state index >= 15 is 0 Å². The van der Waals surface area contributed by atoms with Crippen molar-refractivity contribution in [1.82, 2.24) is 0 Å². The van der Waals surface area contributed by atoms with Crippen molar-refractivity contribution in [2.24, 2.45) is 0 Å². The highest BCUT2D eigenvalue weighted by Crippen LogP contribution is 2.01. The highest BCUT2D eigenvalue weighted by Gasteiger charge is 2.08. The summed E-state index contributed by atoms with van der Waals surface area (Å²) >= 11 is 0. The number of carbonyl (C=O) groups is 2. The highest BCUT2D eigenvalue weighted by molar-refractivity contribution is 5.70. The fourth-order valence-corrected chi connectivity index (χ4v) is 0.475. The molecule has 0 aromatic heterocycles. The zero-order valence-electron chi connectivity index (χ0n) is 8.23. The molecule has 0 amide bonds. The van der Waals surface area contributed by atoms with Gasteiger partial charge in [0.15, 0.2) is 0 Å². The van der Waals surface area contributed by atoms with Crippen molar-refractivity contribution in [2.45, 2.75) is 26.2 Å². The van der Waals surface area contributed by atoms with Crippen molar-refractivity contribution in [3.63, 3.8) is 0 Å². The minimum Gasteiger partial charge on any atom is -0.466 e. The number of carbonyl (C=O) groups excluding carboxylic acids is 1. The van der Waals surface area contributed by atoms with E-state index in [4.69, 9.17) is 15.0 Å². The summed E-state index contributed by atoms with van der Waals surface area (Å²) in [5.41, 5.74) is 0. The normalized spacial score (nSPS) is 12.5. The zero-order chi connectivity index (χ0) is 11.4. The van der Waals surface area contributed by atoms with E-state index in [1.807, 2.05) is 6.08 Å². The largest absolute Gasteiger partial charge is 0.503 e. The molecule has 0 atom stereocenters. The SMILES string of the molecule is C=CCC.O=C(O)O.O=C1CCCO1. The molecule has 1 aliphatic rings. The Hall–Kier alpha value is -1.52. The molecule has 1 aliphatic heterocycles. The van der Waals surface area contributed by atoms with E-state index in [9.17, 15) is 4.79 Å². The average molecular weight is 204 g/mol. The van der Waals surface area contributed by atoms with Gasteiger partial charge in [0.2, 0.25) is 0 Å². The van der Waals surface area contributed by atoms with Crippen molar-refractivity contribution in [3.05, 3.63) is 12.7 Å². The van der Waals surface area contributed by atoms with Crippen LogP contribution in [0.5, 0.6) is 0 Å². The maximum absolute atomic E-state index is 10.0. The third-order valence-corrected chi connectivity index (χ3v) is 1.08. The van der Waals surface area contributed by atoms with Gasteiger partial charge in [-0.3, -0.25) is 4.79 Å². The van der Waals surface area contributed by atoms with Crippen molar-refractivity contribution in [2.75, 3.05) is 6.61 Å². The molecule has 1 saturated heterocycles. The van der Waals surface area contributed by atoms with Crippen LogP contribution in [0.15, 0.2) is 12.7 Å². The molecule has 5 nitrogen and oxygen atoms in total. The van der Waals surface area contributed by atoms with Crippen LogP contribution in [0.1, 0.15) is 26.2 Å². The third kappa shape index (κ3) is 22.4. The highest BCUT2D eigenvalue weighted by atomic mass is 16.6. The van der Waals surface area contributed by atoms with Gasteiger partial charge in [0.05, 0.1) is 6.61 Å². The molecule has 2 N–H and O–H groups in total. The summed E-state index contributed by atoms with van der Waals surface area (Å²) in [6, 6.07) is 0. The van der Waals surface area contributed by atoms with Gasteiger partial charge < -0.3 is 14.9 Å². The predicted molar refractivity (Wildman–Crippen MR) is 51.3 cm³/mol. The summed E-state index contributed by atoms with van der Waals surface area (Å²) in [5.74, 6) is -0.0463. The van der Waals surface area contributed by atoms with E-state index in [1.54, 1.807) is 0 Å². The number of carboxylic acid groups (broad SMARTS) is 2. The summed E-state index contributed by atoms with van der Waals surface area (Å²) < 4.78 is 4.51. The van der Waals surface area contributed by atoms with Crippen LogP contribution < -0.4 is 0 Å². The first-order valence-corrected chi connectivity index (χ1v) is 4.23. The van der Waals surface area contributed by atoms with E-state index < -0.39 is 6.16 Å². The second-order valence-corrected chi connectivity index (χ2v) is 2.30. The Bertz CT molecular complexity index is 164. The molecule has 0 aromatic carbocycles. The van der Waals surface area contributed by atoms with Crippen molar-refractivity contribution < 1.29 is 24.5 Å². The maximum atomic E-state index is 10.0. The molecule has 14 heavy (non-hydrogen) atoms. The van der Waals surface area contributed by atoms with Gasteiger partial charge in [-0.25, -0.2) is 4.79 Å². The monoisotopic (exact) mass is 204 g/mol. The zero-order valence-corrected chi connectivity index (χ0v) is 8.23. The van der Waals surface area contributed by atoms with Crippen LogP contribution in [0.25, 0.3) is 0 Å². The number of hydrogen-bond donors (Lipinski definition) is 2. The van der Waals surface area contributed by atoms with Crippen molar-refractivity contribution >= 4 is 12.1 Å². The molecule has 1 rings (SSSR count). The molecule has 0 aliphatic carbocycles. The lowest BCUT2D eigenvalue weighted by atomic mass is 10.4. The third-order valence-electron chi connectivity index (χ3n) is 1.08. The molecule has 0 aromatic rings. The number of ether oxygens (including phenoxy) is 1. The fraction of sp³-hybridized carbons (Fsp3) is 0.556. The first-order chi connectivity index (χ1) is 6.54. The molecule has 0 radical (unpaired) electrons. The van der Waals surface area contributed by atoms with Gasteiger partial charge >= 0.3 is 12.1 Å². The van der Waals surface area contributed by atoms with Crippen LogP contribution in [0, 0.1) is 0 Å². The van der Waals surface area contributed by atoms with Crippen LogP contribution >= 0.6 is 0 Å². The number of allylic oxidation sites excluding steroid dienone is 1. The lowest BCUT2D eigenvalue weighted by molar-refractivity contribution is -0.137. The van der Waals surface area contributed by atoms with Crippen molar-refractivity contribution in [1.29, 1.82) is 0 Å². The lowest BCUT2D eigenvalue weighted by Crippen LogP contribution is -1.88. The second kappa shape index (κ2) is 11.5. The first-order valence-electron chi connectivity index (χ1n) is 4.23. The van der Waals surface area contributed by atoms with Crippen LogP contribution in [-0.2, 0) is 9.53 Å². The Morgan fingerprint density at radius 3 is 2.14 bits per heavy atom. The molecule has 5 heteroatoms. The van der Waals surface area contributed by atoms with Crippen LogP contribution in [0.4, 0.5) is 4.79 Å². The quantitative estimate of drug-likeness (QED) is 0.505. The molecule has 0 unspecified atom stereocenters. The van der Waals surface area contributed by atoms with Crippen LogP contribution in [0.3, 0.4) is 0 Å². The van der Waals surface area contributed by atoms with E-state index in [2.05, 4.69) is 18.2 Å². The van der Waals surface area contributed by atoms with Crippen LogP contribution in [-0.4, -0.2) is 28.9 Å². The Labute approximate surface area is 83.0 Å². The summed E-state index contributed by atoms with van der Waals surface area (Å²) in [6.07, 6.45) is 2.67. The molecular formula is C9H16O5. The van der Waals surface area contributed by atoms with Gasteiger partial charge in [-0.05, 0) is 12.8 Å². The minimum atomic E-state index is -1.83. The summed E-state index contributed by atoms with van der Waals surface area (Å²) in [6.45, 7) is 6.18. The maximum Gasteiger partial charge on any atom is 0.503 e. The Morgan fingerprint density at radius 2 is 2.07 bits per heavy atom. The van der Waals surface area contributed by atoms with Gasteiger partial charge in [0, 0.05) is 6.42 Å². The molecular weight excluding hydrogens is 188 g/mol. The van der Waals surface area contributed by atoms with E-state index in [0.717, 1.165) is 12.8 Å². The Morgan fingerprint density at radius 1 is 1.64 bits per heavy atom. The number of cyclic esters (lactones) is 1. The average Bonchev–Trinajstić information content (AvgIpc) is 2.55. The van der Waals surface area contributed by atoms with E-state index in [-0.39, 0.29) is 5.97 Å². The van der Waals surface area contributed by atoms with E-state index in [1.165, 1.54) is 0 Å². The van der Waals surface area contributed by atoms with Gasteiger partial charge in [-0.15, -0.1) is 6.58 Å². The van der Waals surface area contributed by atoms with E-state index in [0.29, 0.717) is 13.0 Å². The summed E-state index contributed by atoms with van der Waals surface area (Å²) in [5, 5.41) is 13.9. The minimum absolute atomic E-state index is 0.0463. The lowest BCUT2D eigenvalue weighted by Gasteiger charge is -1.81. The van der Waals surface area contributed by atoms with Crippen LogP contribution in [0.2, 0.25) is 0 Å². The predicted octanol–water partition coefficient (Wildman–Crippen LogP) is 2.13.